The van der Waals surface area contributed by atoms with Crippen LogP contribution in [0.5, 0.6) is 5.75 Å². The smallest absolute Gasteiger partial charge is 0.255 e. The molecule has 0 atom stereocenters. The van der Waals surface area contributed by atoms with E-state index >= 15 is 0 Å². The number of aromatic nitrogens is 2. The van der Waals surface area contributed by atoms with Gasteiger partial charge in [-0.05, 0) is 35.9 Å². The van der Waals surface area contributed by atoms with Crippen LogP contribution in [0.15, 0.2) is 83.5 Å². The van der Waals surface area contributed by atoms with E-state index in [0.29, 0.717) is 29.1 Å². The van der Waals surface area contributed by atoms with Crippen LogP contribution in [0.3, 0.4) is 0 Å². The van der Waals surface area contributed by atoms with Gasteiger partial charge in [0, 0.05) is 34.8 Å². The number of furan rings is 1. The third-order valence-electron chi connectivity index (χ3n) is 5.07. The molecule has 0 saturated carbocycles. The van der Waals surface area contributed by atoms with Gasteiger partial charge in [0.2, 0.25) is 0 Å². The molecule has 30 heavy (non-hydrogen) atoms. The van der Waals surface area contributed by atoms with Gasteiger partial charge in [0.25, 0.3) is 5.91 Å². The summed E-state index contributed by atoms with van der Waals surface area (Å²) in [5.74, 6) is 0.368. The summed E-state index contributed by atoms with van der Waals surface area (Å²) in [4.78, 5) is 12.8. The Morgan fingerprint density at radius 3 is 2.63 bits per heavy atom. The van der Waals surface area contributed by atoms with E-state index in [1.807, 2.05) is 59.4 Å². The highest BCUT2D eigenvalue weighted by Gasteiger charge is 2.15. The SMILES string of the molecule is COc1cc2c(cc1NC(=O)c1ccc(Cn3cccn3)cc1)oc1ccccc12. The topological polar surface area (TPSA) is 69.3 Å². The quantitative estimate of drug-likeness (QED) is 0.448. The Balaban J connectivity index is 1.41. The number of fused-ring (bicyclic) bond motifs is 3. The summed E-state index contributed by atoms with van der Waals surface area (Å²) in [5.41, 5.74) is 3.69. The molecule has 0 spiro atoms. The Morgan fingerprint density at radius 2 is 1.87 bits per heavy atom. The Kier molecular flexibility index (Phi) is 4.44. The summed E-state index contributed by atoms with van der Waals surface area (Å²) in [7, 11) is 1.59. The molecule has 0 aliphatic heterocycles. The number of carbonyl (C=O) groups excluding carboxylic acids is 1. The molecule has 148 valence electrons. The minimum absolute atomic E-state index is 0.214. The monoisotopic (exact) mass is 397 g/mol. The van der Waals surface area contributed by atoms with Gasteiger partial charge in [-0.25, -0.2) is 0 Å². The lowest BCUT2D eigenvalue weighted by Crippen LogP contribution is -2.12. The largest absolute Gasteiger partial charge is 0.495 e. The van der Waals surface area contributed by atoms with Gasteiger partial charge in [0.15, 0.2) is 0 Å². The molecule has 6 nitrogen and oxygen atoms in total. The summed E-state index contributed by atoms with van der Waals surface area (Å²) >= 11 is 0. The highest BCUT2D eigenvalue weighted by molar-refractivity contribution is 6.10. The molecule has 5 aromatic rings. The minimum Gasteiger partial charge on any atom is -0.495 e. The summed E-state index contributed by atoms with van der Waals surface area (Å²) in [6.07, 6.45) is 3.65. The predicted molar refractivity (Wildman–Crippen MR) is 116 cm³/mol. The van der Waals surface area contributed by atoms with Crippen molar-refractivity contribution in [2.24, 2.45) is 0 Å². The maximum Gasteiger partial charge on any atom is 0.255 e. The molecule has 0 radical (unpaired) electrons. The van der Waals surface area contributed by atoms with E-state index in [2.05, 4.69) is 10.4 Å². The number of nitrogens with zero attached hydrogens (tertiary/aromatic N) is 2. The second-order valence-corrected chi connectivity index (χ2v) is 7.00. The van der Waals surface area contributed by atoms with Crippen LogP contribution in [0.4, 0.5) is 5.69 Å². The van der Waals surface area contributed by atoms with Crippen molar-refractivity contribution >= 4 is 33.5 Å². The number of para-hydroxylation sites is 1. The summed E-state index contributed by atoms with van der Waals surface area (Å²) < 4.78 is 13.3. The van der Waals surface area contributed by atoms with Crippen molar-refractivity contribution in [3.8, 4) is 5.75 Å². The van der Waals surface area contributed by atoms with Gasteiger partial charge >= 0.3 is 0 Å². The lowest BCUT2D eigenvalue weighted by molar-refractivity contribution is 0.102. The van der Waals surface area contributed by atoms with Crippen LogP contribution in [0.2, 0.25) is 0 Å². The molecule has 6 heteroatoms. The van der Waals surface area contributed by atoms with Crippen molar-refractivity contribution < 1.29 is 13.9 Å². The summed E-state index contributed by atoms with van der Waals surface area (Å²) in [5, 5.41) is 9.10. The number of hydrogen-bond donors (Lipinski definition) is 1. The second kappa shape index (κ2) is 7.40. The third kappa shape index (κ3) is 3.28. The van der Waals surface area contributed by atoms with Crippen molar-refractivity contribution in [1.82, 2.24) is 9.78 Å². The molecule has 0 unspecified atom stereocenters. The van der Waals surface area contributed by atoms with Crippen molar-refractivity contribution in [2.75, 3.05) is 12.4 Å². The lowest BCUT2D eigenvalue weighted by atomic mass is 10.1. The maximum atomic E-state index is 12.8. The number of carbonyl (C=O) groups is 1. The van der Waals surface area contributed by atoms with Gasteiger partial charge in [-0.1, -0.05) is 30.3 Å². The summed E-state index contributed by atoms with van der Waals surface area (Å²) in [6, 6.07) is 20.9. The molecule has 0 bridgehead atoms. The lowest BCUT2D eigenvalue weighted by Gasteiger charge is -2.11. The average Bonchev–Trinajstić information content (AvgIpc) is 3.40. The minimum atomic E-state index is -0.214. The fraction of sp³-hybridized carbons (Fsp3) is 0.0833. The zero-order chi connectivity index (χ0) is 20.5. The molecular weight excluding hydrogens is 378 g/mol. The fourth-order valence-electron chi connectivity index (χ4n) is 3.56. The average molecular weight is 397 g/mol. The van der Waals surface area contributed by atoms with Gasteiger partial charge in [-0.15, -0.1) is 0 Å². The van der Waals surface area contributed by atoms with Gasteiger partial charge < -0.3 is 14.5 Å². The van der Waals surface area contributed by atoms with Gasteiger partial charge in [0.1, 0.15) is 16.9 Å². The first-order chi connectivity index (χ1) is 14.7. The standard InChI is InChI=1S/C24H19N3O3/c1-29-23-13-19-18-5-2-3-6-21(18)30-22(19)14-20(23)26-24(28)17-9-7-16(8-10-17)15-27-12-4-11-25-27/h2-14H,15H2,1H3,(H,26,28). The van der Waals surface area contributed by atoms with Crippen molar-refractivity contribution in [3.05, 3.63) is 90.3 Å². The van der Waals surface area contributed by atoms with Crippen LogP contribution in [-0.2, 0) is 6.54 Å². The number of hydrogen-bond acceptors (Lipinski definition) is 4. The van der Waals surface area contributed by atoms with E-state index in [1.54, 1.807) is 31.5 Å². The zero-order valence-electron chi connectivity index (χ0n) is 16.3. The first-order valence-electron chi connectivity index (χ1n) is 9.58. The van der Waals surface area contributed by atoms with Gasteiger partial charge in [-0.3, -0.25) is 9.48 Å². The predicted octanol–water partition coefficient (Wildman–Crippen LogP) is 5.09. The molecule has 2 heterocycles. The Labute approximate surface area is 172 Å². The Morgan fingerprint density at radius 1 is 1.03 bits per heavy atom. The zero-order valence-corrected chi connectivity index (χ0v) is 16.3. The molecule has 0 aliphatic carbocycles. The summed E-state index contributed by atoms with van der Waals surface area (Å²) in [6.45, 7) is 0.658. The van der Waals surface area contributed by atoms with E-state index in [-0.39, 0.29) is 5.91 Å². The molecule has 0 saturated heterocycles. The van der Waals surface area contributed by atoms with E-state index in [0.717, 1.165) is 21.9 Å². The van der Waals surface area contributed by atoms with Gasteiger partial charge in [0.05, 0.1) is 19.3 Å². The van der Waals surface area contributed by atoms with E-state index < -0.39 is 0 Å². The normalized spacial score (nSPS) is 11.1. The molecular formula is C24H19N3O3. The maximum absolute atomic E-state index is 12.8. The van der Waals surface area contributed by atoms with Crippen LogP contribution in [0.1, 0.15) is 15.9 Å². The number of ether oxygens (including phenoxy) is 1. The van der Waals surface area contributed by atoms with Crippen LogP contribution in [0, 0.1) is 0 Å². The molecule has 1 amide bonds. The number of benzene rings is 3. The van der Waals surface area contributed by atoms with Crippen LogP contribution >= 0.6 is 0 Å². The number of anilines is 1. The van der Waals surface area contributed by atoms with Crippen molar-refractivity contribution in [2.45, 2.75) is 6.54 Å². The van der Waals surface area contributed by atoms with Crippen LogP contribution in [-0.4, -0.2) is 22.8 Å². The molecule has 3 aromatic carbocycles. The second-order valence-electron chi connectivity index (χ2n) is 7.00. The van der Waals surface area contributed by atoms with Crippen LogP contribution < -0.4 is 10.1 Å². The third-order valence-corrected chi connectivity index (χ3v) is 5.07. The van der Waals surface area contributed by atoms with E-state index in [1.165, 1.54) is 0 Å². The Hall–Kier alpha value is -4.06. The highest BCUT2D eigenvalue weighted by atomic mass is 16.5. The fourth-order valence-corrected chi connectivity index (χ4v) is 3.56. The Bertz CT molecular complexity index is 1340. The van der Waals surface area contributed by atoms with E-state index in [4.69, 9.17) is 9.15 Å². The number of rotatable bonds is 5. The van der Waals surface area contributed by atoms with Crippen LogP contribution in [0.25, 0.3) is 21.9 Å². The molecule has 2 aromatic heterocycles. The number of methoxy groups -OCH3 is 1. The van der Waals surface area contributed by atoms with E-state index in [9.17, 15) is 4.79 Å². The first kappa shape index (κ1) is 18.0. The first-order valence-corrected chi connectivity index (χ1v) is 9.58. The van der Waals surface area contributed by atoms with Crippen molar-refractivity contribution in [1.29, 1.82) is 0 Å². The number of amides is 1. The van der Waals surface area contributed by atoms with Gasteiger partial charge in [-0.2, -0.15) is 5.10 Å². The van der Waals surface area contributed by atoms with Crippen molar-refractivity contribution in [3.63, 3.8) is 0 Å². The molecule has 0 aliphatic rings. The highest BCUT2D eigenvalue weighted by Crippen LogP contribution is 2.36. The molecule has 0 fully saturated rings. The number of nitrogens with one attached hydrogen (secondary N) is 1. The molecule has 5 rings (SSSR count). The molecule has 1 N–H and O–H groups in total.